The van der Waals surface area contributed by atoms with E-state index >= 15 is 0 Å². The van der Waals surface area contributed by atoms with E-state index < -0.39 is 10.7 Å². The zero-order chi connectivity index (χ0) is 13.1. The van der Waals surface area contributed by atoms with Gasteiger partial charge in [-0.25, -0.2) is 4.39 Å². The molecule has 0 saturated carbocycles. The van der Waals surface area contributed by atoms with Gasteiger partial charge in [0.05, 0.1) is 11.0 Å². The van der Waals surface area contributed by atoms with E-state index in [1.165, 1.54) is 12.1 Å². The lowest BCUT2D eigenvalue weighted by Crippen LogP contribution is -2.44. The summed E-state index contributed by atoms with van der Waals surface area (Å²) < 4.78 is 13.1. The Morgan fingerprint density at radius 2 is 2.11 bits per heavy atom. The zero-order valence-corrected chi connectivity index (χ0v) is 10.2. The minimum absolute atomic E-state index is 0.0758. The second-order valence-electron chi connectivity index (χ2n) is 4.42. The summed E-state index contributed by atoms with van der Waals surface area (Å²) in [7, 11) is 0. The maximum absolute atomic E-state index is 13.1. The van der Waals surface area contributed by atoms with Crippen LogP contribution in [-0.4, -0.2) is 36.0 Å². The molecule has 1 fully saturated rings. The van der Waals surface area contributed by atoms with Crippen LogP contribution in [0.1, 0.15) is 18.5 Å². The summed E-state index contributed by atoms with van der Waals surface area (Å²) in [4.78, 5) is 12.6. The number of nitro benzene ring substituents is 1. The molecule has 0 bridgehead atoms. The van der Waals surface area contributed by atoms with E-state index in [4.69, 9.17) is 0 Å². The minimum atomic E-state index is -0.571. The van der Waals surface area contributed by atoms with Crippen LogP contribution in [0.25, 0.3) is 0 Å². The first-order valence-corrected chi connectivity index (χ1v) is 5.98. The first-order valence-electron chi connectivity index (χ1n) is 5.98. The van der Waals surface area contributed by atoms with Crippen molar-refractivity contribution in [3.63, 3.8) is 0 Å². The first kappa shape index (κ1) is 12.9. The fourth-order valence-electron chi connectivity index (χ4n) is 2.29. The number of benzene rings is 1. The van der Waals surface area contributed by atoms with Gasteiger partial charge in [0.15, 0.2) is 0 Å². The molecule has 98 valence electrons. The Kier molecular flexibility index (Phi) is 3.88. The predicted octanol–water partition coefficient (Wildman–Crippen LogP) is 1.70. The Hall–Kier alpha value is -1.53. The van der Waals surface area contributed by atoms with Crippen molar-refractivity contribution in [1.29, 1.82) is 0 Å². The lowest BCUT2D eigenvalue weighted by atomic mass is 10.0. The Balaban J connectivity index is 2.28. The Morgan fingerprint density at radius 3 is 2.72 bits per heavy atom. The van der Waals surface area contributed by atoms with E-state index in [1.54, 1.807) is 0 Å². The molecule has 0 aromatic heterocycles. The molecule has 1 aromatic carbocycles. The van der Waals surface area contributed by atoms with Gasteiger partial charge in [0, 0.05) is 37.8 Å². The summed E-state index contributed by atoms with van der Waals surface area (Å²) >= 11 is 0. The standard InChI is InChI=1S/C12H16FN3O2/c1-9(15-6-4-14-5-7-15)11-3-2-10(13)8-12(11)16(17)18/h2-3,8-9,14H,4-7H2,1H3/t9-/m0/s1. The van der Waals surface area contributed by atoms with Crippen molar-refractivity contribution in [3.05, 3.63) is 39.7 Å². The Bertz CT molecular complexity index is 447. The topological polar surface area (TPSA) is 58.4 Å². The largest absolute Gasteiger partial charge is 0.314 e. The molecule has 1 aliphatic rings. The molecule has 5 nitrogen and oxygen atoms in total. The van der Waals surface area contributed by atoms with Crippen LogP contribution in [0, 0.1) is 15.9 Å². The molecular formula is C12H16FN3O2. The molecule has 2 rings (SSSR count). The fraction of sp³-hybridized carbons (Fsp3) is 0.500. The van der Waals surface area contributed by atoms with Crippen molar-refractivity contribution >= 4 is 5.69 Å². The van der Waals surface area contributed by atoms with E-state index in [1.807, 2.05) is 6.92 Å². The summed E-state index contributed by atoms with van der Waals surface area (Å²) in [6, 6.07) is 3.71. The first-order chi connectivity index (χ1) is 8.59. The summed E-state index contributed by atoms with van der Waals surface area (Å²) in [6.07, 6.45) is 0. The number of nitro groups is 1. The quantitative estimate of drug-likeness (QED) is 0.658. The number of rotatable bonds is 3. The van der Waals surface area contributed by atoms with Crippen molar-refractivity contribution in [2.45, 2.75) is 13.0 Å². The van der Waals surface area contributed by atoms with Gasteiger partial charge in [0.25, 0.3) is 5.69 Å². The molecule has 0 unspecified atom stereocenters. The van der Waals surface area contributed by atoms with Crippen LogP contribution in [0.15, 0.2) is 18.2 Å². The number of halogens is 1. The third kappa shape index (κ3) is 2.65. The van der Waals surface area contributed by atoms with Crippen molar-refractivity contribution < 1.29 is 9.31 Å². The van der Waals surface area contributed by atoms with Gasteiger partial charge < -0.3 is 5.32 Å². The van der Waals surface area contributed by atoms with E-state index in [0.29, 0.717) is 5.56 Å². The molecule has 1 aromatic rings. The zero-order valence-electron chi connectivity index (χ0n) is 10.2. The van der Waals surface area contributed by atoms with Crippen LogP contribution < -0.4 is 5.32 Å². The van der Waals surface area contributed by atoms with E-state index in [9.17, 15) is 14.5 Å². The van der Waals surface area contributed by atoms with Crippen LogP contribution in [-0.2, 0) is 0 Å². The Labute approximate surface area is 105 Å². The van der Waals surface area contributed by atoms with Gasteiger partial charge >= 0.3 is 0 Å². The van der Waals surface area contributed by atoms with Crippen molar-refractivity contribution in [2.24, 2.45) is 0 Å². The van der Waals surface area contributed by atoms with Gasteiger partial charge in [0.1, 0.15) is 5.82 Å². The third-order valence-electron chi connectivity index (χ3n) is 3.34. The van der Waals surface area contributed by atoms with Crippen LogP contribution in [0.3, 0.4) is 0 Å². The molecule has 18 heavy (non-hydrogen) atoms. The lowest BCUT2D eigenvalue weighted by molar-refractivity contribution is -0.386. The van der Waals surface area contributed by atoms with Crippen molar-refractivity contribution in [3.8, 4) is 0 Å². The summed E-state index contributed by atoms with van der Waals surface area (Å²) in [5.74, 6) is -0.571. The summed E-state index contributed by atoms with van der Waals surface area (Å²) in [5, 5.41) is 14.2. The summed E-state index contributed by atoms with van der Waals surface area (Å²) in [6.45, 7) is 5.36. The highest BCUT2D eigenvalue weighted by molar-refractivity contribution is 5.42. The van der Waals surface area contributed by atoms with Gasteiger partial charge in [-0.2, -0.15) is 0 Å². The SMILES string of the molecule is C[C@@H](c1ccc(F)cc1[N+](=O)[O-])N1CCNCC1. The maximum Gasteiger partial charge on any atom is 0.277 e. The number of piperazine rings is 1. The monoisotopic (exact) mass is 253 g/mol. The van der Waals surface area contributed by atoms with E-state index in [2.05, 4.69) is 10.2 Å². The van der Waals surface area contributed by atoms with Gasteiger partial charge in [-0.1, -0.05) is 0 Å². The smallest absolute Gasteiger partial charge is 0.277 e. The molecule has 0 radical (unpaired) electrons. The second kappa shape index (κ2) is 5.41. The molecule has 0 spiro atoms. The molecule has 1 atom stereocenters. The van der Waals surface area contributed by atoms with Gasteiger partial charge in [0.2, 0.25) is 0 Å². The molecule has 1 N–H and O–H groups in total. The average Bonchev–Trinajstić information content (AvgIpc) is 2.39. The number of hydrogen-bond donors (Lipinski definition) is 1. The number of hydrogen-bond acceptors (Lipinski definition) is 4. The lowest BCUT2D eigenvalue weighted by Gasteiger charge is -2.32. The van der Waals surface area contributed by atoms with Crippen LogP contribution in [0.4, 0.5) is 10.1 Å². The highest BCUT2D eigenvalue weighted by Crippen LogP contribution is 2.29. The maximum atomic E-state index is 13.1. The van der Waals surface area contributed by atoms with Crippen LogP contribution >= 0.6 is 0 Å². The molecule has 6 heteroatoms. The highest BCUT2D eigenvalue weighted by atomic mass is 19.1. The van der Waals surface area contributed by atoms with Gasteiger partial charge in [-0.3, -0.25) is 15.0 Å². The molecule has 0 aliphatic carbocycles. The molecule has 0 amide bonds. The summed E-state index contributed by atoms with van der Waals surface area (Å²) in [5.41, 5.74) is 0.435. The molecular weight excluding hydrogens is 237 g/mol. The number of nitrogens with zero attached hydrogens (tertiary/aromatic N) is 2. The van der Waals surface area contributed by atoms with Gasteiger partial charge in [-0.15, -0.1) is 0 Å². The molecule has 1 saturated heterocycles. The predicted molar refractivity (Wildman–Crippen MR) is 65.9 cm³/mol. The van der Waals surface area contributed by atoms with Crippen LogP contribution in [0.5, 0.6) is 0 Å². The number of nitrogens with one attached hydrogen (secondary N) is 1. The van der Waals surface area contributed by atoms with E-state index in [0.717, 1.165) is 32.2 Å². The third-order valence-corrected chi connectivity index (χ3v) is 3.34. The molecule has 1 aliphatic heterocycles. The van der Waals surface area contributed by atoms with Gasteiger partial charge in [-0.05, 0) is 19.1 Å². The fourth-order valence-corrected chi connectivity index (χ4v) is 2.29. The minimum Gasteiger partial charge on any atom is -0.314 e. The highest BCUT2D eigenvalue weighted by Gasteiger charge is 2.25. The van der Waals surface area contributed by atoms with Crippen molar-refractivity contribution in [2.75, 3.05) is 26.2 Å². The van der Waals surface area contributed by atoms with Crippen molar-refractivity contribution in [1.82, 2.24) is 10.2 Å². The van der Waals surface area contributed by atoms with E-state index in [-0.39, 0.29) is 11.7 Å². The average molecular weight is 253 g/mol. The van der Waals surface area contributed by atoms with Crippen LogP contribution in [0.2, 0.25) is 0 Å². The normalized spacial score (nSPS) is 18.6. The second-order valence-corrected chi connectivity index (χ2v) is 4.42. The molecule has 1 heterocycles. The Morgan fingerprint density at radius 1 is 1.44 bits per heavy atom.